The minimum atomic E-state index is -0.892. The summed E-state index contributed by atoms with van der Waals surface area (Å²) in [6, 6.07) is 1.78. The summed E-state index contributed by atoms with van der Waals surface area (Å²) in [5.74, 6) is -3.21. The van der Waals surface area contributed by atoms with E-state index in [2.05, 4.69) is 5.32 Å². The van der Waals surface area contributed by atoms with E-state index in [0.29, 0.717) is 4.90 Å². The summed E-state index contributed by atoms with van der Waals surface area (Å²) in [6.07, 6.45) is 0. The number of fused-ring (bicyclic) bond motifs is 1. The zero-order valence-electron chi connectivity index (χ0n) is 15.2. The minimum Gasteiger partial charge on any atom is -0.443 e. The van der Waals surface area contributed by atoms with Gasteiger partial charge in [0.25, 0.3) is 11.8 Å². The number of rotatable bonds is 4. The number of Topliss-reactive ketones (excluding diaryl/α,β-unsaturated/α-hetero) is 1. The predicted octanol–water partition coefficient (Wildman–Crippen LogP) is 4.51. The first-order valence-corrected chi connectivity index (χ1v) is 9.58. The van der Waals surface area contributed by atoms with Crippen LogP contribution in [-0.4, -0.2) is 34.9 Å². The smallest absolute Gasteiger partial charge is 0.263 e. The molecule has 1 N–H and O–H groups in total. The second kappa shape index (κ2) is 7.93. The molecule has 1 aliphatic heterocycles. The Morgan fingerprint density at radius 1 is 1.03 bits per heavy atom. The van der Waals surface area contributed by atoms with E-state index in [4.69, 9.17) is 50.8 Å². The highest BCUT2D eigenvalue weighted by Crippen LogP contribution is 2.44. The number of nitrogens with zero attached hydrogens (tertiary/aromatic N) is 2. The normalized spacial score (nSPS) is 12.8. The van der Waals surface area contributed by atoms with Gasteiger partial charge in [0.1, 0.15) is 23.9 Å². The molecule has 1 aliphatic rings. The quantitative estimate of drug-likeness (QED) is 0.292. The fourth-order valence-electron chi connectivity index (χ4n) is 3.01. The van der Waals surface area contributed by atoms with Crippen LogP contribution in [0.5, 0.6) is 0 Å². The maximum Gasteiger partial charge on any atom is 0.263 e. The van der Waals surface area contributed by atoms with Crippen molar-refractivity contribution in [2.75, 3.05) is 11.9 Å². The van der Waals surface area contributed by atoms with Gasteiger partial charge in [-0.2, -0.15) is 5.26 Å². The van der Waals surface area contributed by atoms with Gasteiger partial charge in [-0.25, -0.2) is 0 Å². The molecule has 1 aromatic carbocycles. The summed E-state index contributed by atoms with van der Waals surface area (Å²) in [5, 5.41) is 10.6. The summed E-state index contributed by atoms with van der Waals surface area (Å²) in [7, 11) is 0. The highest BCUT2D eigenvalue weighted by molar-refractivity contribution is 6.55. The number of aryl methyl sites for hydroxylation is 1. The van der Waals surface area contributed by atoms with Crippen LogP contribution in [0, 0.1) is 18.3 Å². The van der Waals surface area contributed by atoms with Crippen molar-refractivity contribution < 1.29 is 23.6 Å². The molecule has 12 heteroatoms. The SMILES string of the molecule is CC(=O)c1c(C)oc(NC(=O)CN2C(=O)c3c(Cl)c(Cl)c(Cl)c(Cl)c3C2=O)c1C#N. The van der Waals surface area contributed by atoms with Crippen molar-refractivity contribution in [1.29, 1.82) is 5.26 Å². The van der Waals surface area contributed by atoms with E-state index in [-0.39, 0.29) is 54.0 Å². The molecular formula is C18H9Cl4N3O5. The monoisotopic (exact) mass is 487 g/mol. The minimum absolute atomic E-state index is 0.0244. The topological polar surface area (TPSA) is 120 Å². The molecule has 0 aliphatic carbocycles. The van der Waals surface area contributed by atoms with E-state index in [1.807, 2.05) is 0 Å². The second-order valence-electron chi connectivity index (χ2n) is 6.16. The molecule has 3 rings (SSSR count). The lowest BCUT2D eigenvalue weighted by Gasteiger charge is -2.13. The maximum atomic E-state index is 12.7. The van der Waals surface area contributed by atoms with Gasteiger partial charge in [-0.15, -0.1) is 0 Å². The van der Waals surface area contributed by atoms with E-state index in [9.17, 15) is 24.4 Å². The highest BCUT2D eigenvalue weighted by Gasteiger charge is 2.42. The zero-order chi connectivity index (χ0) is 22.5. The lowest BCUT2D eigenvalue weighted by molar-refractivity contribution is -0.116. The van der Waals surface area contributed by atoms with E-state index in [0.717, 1.165) is 0 Å². The highest BCUT2D eigenvalue weighted by atomic mass is 35.5. The summed E-state index contributed by atoms with van der Waals surface area (Å²) in [6.45, 7) is 1.95. The molecule has 0 saturated heterocycles. The third kappa shape index (κ3) is 3.34. The van der Waals surface area contributed by atoms with E-state index >= 15 is 0 Å². The zero-order valence-corrected chi connectivity index (χ0v) is 18.2. The number of anilines is 1. The summed E-state index contributed by atoms with van der Waals surface area (Å²) in [5.41, 5.74) is -0.671. The van der Waals surface area contributed by atoms with Gasteiger partial charge in [0.2, 0.25) is 11.8 Å². The molecule has 0 unspecified atom stereocenters. The molecule has 0 bridgehead atoms. The number of benzene rings is 1. The standard InChI is InChI=1S/C18H9Cl4N3O5/c1-5(26)9-6(2)30-16(7(9)3-23)24-8(27)4-25-17(28)10-11(18(25)29)13(20)15(22)14(21)12(10)19/h4H2,1-2H3,(H,24,27). The number of halogens is 4. The van der Waals surface area contributed by atoms with Crippen molar-refractivity contribution in [2.45, 2.75) is 13.8 Å². The molecule has 0 spiro atoms. The Kier molecular flexibility index (Phi) is 5.85. The van der Waals surface area contributed by atoms with Crippen molar-refractivity contribution in [2.24, 2.45) is 0 Å². The van der Waals surface area contributed by atoms with Gasteiger partial charge in [-0.05, 0) is 13.8 Å². The van der Waals surface area contributed by atoms with Gasteiger partial charge in [-0.1, -0.05) is 46.4 Å². The second-order valence-corrected chi connectivity index (χ2v) is 7.67. The number of amides is 3. The van der Waals surface area contributed by atoms with Crippen LogP contribution in [0.3, 0.4) is 0 Å². The van der Waals surface area contributed by atoms with Gasteiger partial charge >= 0.3 is 0 Å². The number of nitrogens with one attached hydrogen (secondary N) is 1. The molecule has 2 heterocycles. The molecule has 0 saturated carbocycles. The number of hydrogen-bond donors (Lipinski definition) is 1. The van der Waals surface area contributed by atoms with Crippen molar-refractivity contribution in [3.05, 3.63) is 48.1 Å². The predicted molar refractivity (Wildman–Crippen MR) is 109 cm³/mol. The molecule has 3 amide bonds. The van der Waals surface area contributed by atoms with Gasteiger partial charge in [0.15, 0.2) is 5.78 Å². The molecule has 0 radical (unpaired) electrons. The van der Waals surface area contributed by atoms with Crippen LogP contribution in [0.4, 0.5) is 5.88 Å². The van der Waals surface area contributed by atoms with Crippen LogP contribution in [0.25, 0.3) is 0 Å². The molecule has 2 aromatic rings. The lowest BCUT2D eigenvalue weighted by Crippen LogP contribution is -2.37. The fourth-order valence-corrected chi connectivity index (χ4v) is 4.03. The van der Waals surface area contributed by atoms with Crippen molar-refractivity contribution in [3.63, 3.8) is 0 Å². The molecule has 0 atom stereocenters. The van der Waals surface area contributed by atoms with Crippen LogP contribution in [-0.2, 0) is 4.79 Å². The van der Waals surface area contributed by atoms with Crippen molar-refractivity contribution in [3.8, 4) is 6.07 Å². The van der Waals surface area contributed by atoms with Crippen LogP contribution in [0.1, 0.15) is 49.3 Å². The van der Waals surface area contributed by atoms with Crippen molar-refractivity contribution >= 4 is 75.8 Å². The van der Waals surface area contributed by atoms with Crippen LogP contribution in [0.15, 0.2) is 4.42 Å². The Balaban J connectivity index is 1.90. The van der Waals surface area contributed by atoms with E-state index < -0.39 is 30.0 Å². The third-order valence-corrected chi connectivity index (χ3v) is 6.09. The Bertz CT molecular complexity index is 1160. The number of imide groups is 1. The summed E-state index contributed by atoms with van der Waals surface area (Å²) < 4.78 is 5.28. The molecule has 8 nitrogen and oxygen atoms in total. The number of carbonyl (C=O) groups excluding carboxylic acids is 4. The van der Waals surface area contributed by atoms with Crippen LogP contribution >= 0.6 is 46.4 Å². The molecule has 1 aromatic heterocycles. The van der Waals surface area contributed by atoms with E-state index in [1.165, 1.54) is 13.8 Å². The first-order valence-electron chi connectivity index (χ1n) is 8.07. The number of nitriles is 1. The lowest BCUT2D eigenvalue weighted by atomic mass is 10.1. The number of ketones is 1. The number of furan rings is 1. The summed E-state index contributed by atoms with van der Waals surface area (Å²) in [4.78, 5) is 50.0. The fraction of sp³-hybridized carbons (Fsp3) is 0.167. The Labute approximate surface area is 189 Å². The first-order chi connectivity index (χ1) is 14.0. The van der Waals surface area contributed by atoms with Gasteiger partial charge < -0.3 is 4.42 Å². The largest absolute Gasteiger partial charge is 0.443 e. The third-order valence-electron chi connectivity index (χ3n) is 4.29. The Hall–Kier alpha value is -2.57. The first kappa shape index (κ1) is 22.1. The van der Waals surface area contributed by atoms with Gasteiger partial charge in [0.05, 0.1) is 36.8 Å². The Morgan fingerprint density at radius 2 is 1.53 bits per heavy atom. The number of hydrogen-bond acceptors (Lipinski definition) is 6. The maximum absolute atomic E-state index is 12.7. The van der Waals surface area contributed by atoms with Crippen molar-refractivity contribution in [1.82, 2.24) is 4.90 Å². The summed E-state index contributed by atoms with van der Waals surface area (Å²) >= 11 is 24.0. The van der Waals surface area contributed by atoms with Gasteiger partial charge in [0, 0.05) is 0 Å². The average Bonchev–Trinajstić information content (AvgIpc) is 3.12. The van der Waals surface area contributed by atoms with Gasteiger partial charge in [-0.3, -0.25) is 29.4 Å². The number of carbonyl (C=O) groups is 4. The Morgan fingerprint density at radius 3 is 1.97 bits per heavy atom. The molecule has 30 heavy (non-hydrogen) atoms. The van der Waals surface area contributed by atoms with Crippen LogP contribution in [0.2, 0.25) is 20.1 Å². The molecule has 0 fully saturated rings. The molecular weight excluding hydrogens is 480 g/mol. The molecule has 154 valence electrons. The van der Waals surface area contributed by atoms with Crippen LogP contribution < -0.4 is 5.32 Å². The average molecular weight is 489 g/mol. The van der Waals surface area contributed by atoms with E-state index in [1.54, 1.807) is 6.07 Å².